The summed E-state index contributed by atoms with van der Waals surface area (Å²) in [6.07, 6.45) is 6.04. The summed E-state index contributed by atoms with van der Waals surface area (Å²) in [4.78, 5) is 4.28. The maximum Gasteiger partial charge on any atom is 0.0336 e. The second-order valence-electron chi connectivity index (χ2n) is 5.16. The van der Waals surface area contributed by atoms with Gasteiger partial charge in [-0.2, -0.15) is 0 Å². The van der Waals surface area contributed by atoms with Gasteiger partial charge in [-0.05, 0) is 50.4 Å². The number of nitrogens with zero attached hydrogens (tertiary/aromatic N) is 1. The number of rotatable bonds is 5. The van der Waals surface area contributed by atoms with Crippen molar-refractivity contribution in [2.75, 3.05) is 7.05 Å². The zero-order valence-corrected chi connectivity index (χ0v) is 12.0. The van der Waals surface area contributed by atoms with E-state index in [2.05, 4.69) is 54.5 Å². The topological polar surface area (TPSA) is 24.9 Å². The highest BCUT2D eigenvalue weighted by molar-refractivity contribution is 5.24. The van der Waals surface area contributed by atoms with Crippen molar-refractivity contribution in [3.05, 3.63) is 65.0 Å². The van der Waals surface area contributed by atoms with Crippen molar-refractivity contribution < 1.29 is 0 Å². The first-order chi connectivity index (χ1) is 9.19. The molecule has 1 heterocycles. The molecule has 0 saturated carbocycles. The van der Waals surface area contributed by atoms with Crippen LogP contribution in [0.5, 0.6) is 0 Å². The molecular weight excluding hydrogens is 232 g/mol. The van der Waals surface area contributed by atoms with E-state index in [4.69, 9.17) is 0 Å². The lowest BCUT2D eigenvalue weighted by Crippen LogP contribution is -2.17. The molecule has 0 spiro atoms. The van der Waals surface area contributed by atoms with Crippen LogP contribution in [0.4, 0.5) is 0 Å². The molecule has 19 heavy (non-hydrogen) atoms. The van der Waals surface area contributed by atoms with Crippen molar-refractivity contribution in [3.8, 4) is 0 Å². The Morgan fingerprint density at radius 3 is 2.63 bits per heavy atom. The molecule has 2 rings (SSSR count). The molecule has 0 bridgehead atoms. The van der Waals surface area contributed by atoms with E-state index in [0.29, 0.717) is 6.04 Å². The summed E-state index contributed by atoms with van der Waals surface area (Å²) in [5, 5.41) is 3.39. The minimum atomic E-state index is 0.368. The summed E-state index contributed by atoms with van der Waals surface area (Å²) in [6, 6.07) is 11.3. The average Bonchev–Trinajstić information content (AvgIpc) is 2.40. The van der Waals surface area contributed by atoms with Crippen LogP contribution in [0.15, 0.2) is 42.7 Å². The number of nitrogens with one attached hydrogen (secondary N) is 1. The van der Waals surface area contributed by atoms with Crippen LogP contribution in [0.25, 0.3) is 0 Å². The fourth-order valence-electron chi connectivity index (χ4n) is 2.43. The van der Waals surface area contributed by atoms with Crippen molar-refractivity contribution in [1.29, 1.82) is 0 Å². The van der Waals surface area contributed by atoms with Gasteiger partial charge in [-0.1, -0.05) is 35.9 Å². The van der Waals surface area contributed by atoms with E-state index >= 15 is 0 Å². The molecule has 2 nitrogen and oxygen atoms in total. The van der Waals surface area contributed by atoms with Gasteiger partial charge in [0.15, 0.2) is 0 Å². The van der Waals surface area contributed by atoms with E-state index in [1.54, 1.807) is 0 Å². The Balaban J connectivity index is 2.04. The maximum absolute atomic E-state index is 4.28. The number of benzene rings is 1. The average molecular weight is 254 g/mol. The molecule has 2 aromatic rings. The lowest BCUT2D eigenvalue weighted by molar-refractivity contribution is 0.547. The van der Waals surface area contributed by atoms with E-state index in [-0.39, 0.29) is 0 Å². The molecule has 1 atom stereocenters. The SMILES string of the molecule is CNC(CCc1cccc(C)c1)c1cncc(C)c1. The summed E-state index contributed by atoms with van der Waals surface area (Å²) < 4.78 is 0. The first kappa shape index (κ1) is 13.8. The highest BCUT2D eigenvalue weighted by Crippen LogP contribution is 2.19. The van der Waals surface area contributed by atoms with Crippen LogP contribution in [0.3, 0.4) is 0 Å². The second kappa shape index (κ2) is 6.48. The molecule has 0 radical (unpaired) electrons. The highest BCUT2D eigenvalue weighted by atomic mass is 14.9. The zero-order chi connectivity index (χ0) is 13.7. The van der Waals surface area contributed by atoms with Crippen molar-refractivity contribution >= 4 is 0 Å². The van der Waals surface area contributed by atoms with Gasteiger partial charge in [0.25, 0.3) is 0 Å². The maximum atomic E-state index is 4.28. The van der Waals surface area contributed by atoms with E-state index in [0.717, 1.165) is 12.8 Å². The Morgan fingerprint density at radius 1 is 1.11 bits per heavy atom. The minimum Gasteiger partial charge on any atom is -0.313 e. The van der Waals surface area contributed by atoms with Crippen LogP contribution < -0.4 is 5.32 Å². The Labute approximate surface area is 115 Å². The van der Waals surface area contributed by atoms with Gasteiger partial charge >= 0.3 is 0 Å². The van der Waals surface area contributed by atoms with Gasteiger partial charge in [-0.3, -0.25) is 4.98 Å². The molecule has 0 amide bonds. The number of aromatic nitrogens is 1. The molecular formula is C17H22N2. The molecule has 0 aliphatic rings. The Kier molecular flexibility index (Phi) is 4.69. The zero-order valence-electron chi connectivity index (χ0n) is 12.0. The molecule has 1 N–H and O–H groups in total. The second-order valence-corrected chi connectivity index (χ2v) is 5.16. The smallest absolute Gasteiger partial charge is 0.0336 e. The van der Waals surface area contributed by atoms with Crippen molar-refractivity contribution in [1.82, 2.24) is 10.3 Å². The quantitative estimate of drug-likeness (QED) is 0.882. The Hall–Kier alpha value is -1.67. The van der Waals surface area contributed by atoms with Gasteiger partial charge in [0.2, 0.25) is 0 Å². The van der Waals surface area contributed by atoms with Crippen LogP contribution in [-0.4, -0.2) is 12.0 Å². The van der Waals surface area contributed by atoms with Crippen LogP contribution in [0, 0.1) is 13.8 Å². The predicted octanol–water partition coefficient (Wildman–Crippen LogP) is 3.59. The third-order valence-electron chi connectivity index (χ3n) is 3.45. The van der Waals surface area contributed by atoms with E-state index in [1.165, 1.54) is 22.3 Å². The predicted molar refractivity (Wildman–Crippen MR) is 80.3 cm³/mol. The molecule has 1 aromatic carbocycles. The fourth-order valence-corrected chi connectivity index (χ4v) is 2.43. The van der Waals surface area contributed by atoms with Gasteiger partial charge in [-0.25, -0.2) is 0 Å². The summed E-state index contributed by atoms with van der Waals surface area (Å²) in [6.45, 7) is 4.23. The van der Waals surface area contributed by atoms with Crippen molar-refractivity contribution in [2.45, 2.75) is 32.7 Å². The van der Waals surface area contributed by atoms with Crippen LogP contribution in [0.2, 0.25) is 0 Å². The minimum absolute atomic E-state index is 0.368. The number of hydrogen-bond donors (Lipinski definition) is 1. The molecule has 1 aromatic heterocycles. The van der Waals surface area contributed by atoms with E-state index < -0.39 is 0 Å². The Bertz CT molecular complexity index is 534. The molecule has 0 aliphatic heterocycles. The molecule has 0 saturated heterocycles. The first-order valence-electron chi connectivity index (χ1n) is 6.83. The standard InChI is InChI=1S/C17H22N2/c1-13-5-4-6-15(9-13)7-8-17(18-3)16-10-14(2)11-19-12-16/h4-6,9-12,17-18H,7-8H2,1-3H3. The third kappa shape index (κ3) is 3.90. The van der Waals surface area contributed by atoms with Gasteiger partial charge in [0.1, 0.15) is 0 Å². The van der Waals surface area contributed by atoms with Crippen LogP contribution in [0.1, 0.15) is 34.7 Å². The fraction of sp³-hybridized carbons (Fsp3) is 0.353. The molecule has 0 fully saturated rings. The molecule has 100 valence electrons. The largest absolute Gasteiger partial charge is 0.313 e. The molecule has 1 unspecified atom stereocenters. The van der Waals surface area contributed by atoms with E-state index in [9.17, 15) is 0 Å². The molecule has 0 aliphatic carbocycles. The number of pyridine rings is 1. The van der Waals surface area contributed by atoms with Gasteiger partial charge in [-0.15, -0.1) is 0 Å². The van der Waals surface area contributed by atoms with Crippen molar-refractivity contribution in [2.24, 2.45) is 0 Å². The van der Waals surface area contributed by atoms with Gasteiger partial charge < -0.3 is 5.32 Å². The van der Waals surface area contributed by atoms with Crippen LogP contribution >= 0.6 is 0 Å². The first-order valence-corrected chi connectivity index (χ1v) is 6.83. The highest BCUT2D eigenvalue weighted by Gasteiger charge is 2.09. The lowest BCUT2D eigenvalue weighted by atomic mass is 9.99. The normalized spacial score (nSPS) is 12.4. The summed E-state index contributed by atoms with van der Waals surface area (Å²) >= 11 is 0. The lowest BCUT2D eigenvalue weighted by Gasteiger charge is -2.17. The number of aryl methyl sites for hydroxylation is 3. The van der Waals surface area contributed by atoms with E-state index in [1.807, 2.05) is 19.4 Å². The van der Waals surface area contributed by atoms with Crippen molar-refractivity contribution in [3.63, 3.8) is 0 Å². The van der Waals surface area contributed by atoms with Gasteiger partial charge in [0, 0.05) is 18.4 Å². The molecule has 2 heteroatoms. The van der Waals surface area contributed by atoms with Gasteiger partial charge in [0.05, 0.1) is 0 Å². The summed E-state index contributed by atoms with van der Waals surface area (Å²) in [5.41, 5.74) is 5.22. The summed E-state index contributed by atoms with van der Waals surface area (Å²) in [5.74, 6) is 0. The number of hydrogen-bond acceptors (Lipinski definition) is 2. The monoisotopic (exact) mass is 254 g/mol. The summed E-state index contributed by atoms with van der Waals surface area (Å²) in [7, 11) is 2.02. The van der Waals surface area contributed by atoms with Crippen LogP contribution in [-0.2, 0) is 6.42 Å². The third-order valence-corrected chi connectivity index (χ3v) is 3.45. The Morgan fingerprint density at radius 2 is 1.95 bits per heavy atom.